The summed E-state index contributed by atoms with van der Waals surface area (Å²) >= 11 is 0. The van der Waals surface area contributed by atoms with E-state index >= 15 is 0 Å². The summed E-state index contributed by atoms with van der Waals surface area (Å²) in [6, 6.07) is 24.0. The van der Waals surface area contributed by atoms with Crippen molar-refractivity contribution in [2.45, 2.75) is 39.5 Å². The predicted octanol–water partition coefficient (Wildman–Crippen LogP) is 5.69. The molecule has 0 heterocycles. The minimum Gasteiger partial charge on any atom is -0.494 e. The molecule has 0 radical (unpaired) electrons. The minimum absolute atomic E-state index is 0.0564. The smallest absolute Gasteiger partial charge is 0.287 e. The molecule has 2 N–H and O–H groups in total. The molecule has 0 bridgehead atoms. The molecule has 0 fully saturated rings. The van der Waals surface area contributed by atoms with E-state index in [1.165, 1.54) is 5.56 Å². The van der Waals surface area contributed by atoms with Gasteiger partial charge in [0.1, 0.15) is 11.4 Å². The van der Waals surface area contributed by atoms with Crippen molar-refractivity contribution < 1.29 is 14.3 Å². The van der Waals surface area contributed by atoms with Gasteiger partial charge in [-0.15, -0.1) is 0 Å². The molecule has 6 heteroatoms. The maximum Gasteiger partial charge on any atom is 0.287 e. The monoisotopic (exact) mass is 483 g/mol. The summed E-state index contributed by atoms with van der Waals surface area (Å²) in [7, 11) is 0. The molecular weight excluding hydrogens is 450 g/mol. The number of nitrogens with one attached hydrogen (secondary N) is 2. The molecule has 3 aromatic carbocycles. The van der Waals surface area contributed by atoms with Gasteiger partial charge in [-0.1, -0.05) is 82.3 Å². The van der Waals surface area contributed by atoms with Crippen molar-refractivity contribution in [3.8, 4) is 5.75 Å². The van der Waals surface area contributed by atoms with Gasteiger partial charge in [-0.3, -0.25) is 9.59 Å². The van der Waals surface area contributed by atoms with Gasteiger partial charge in [0.15, 0.2) is 0 Å². The fourth-order valence-corrected chi connectivity index (χ4v) is 3.28. The molecule has 186 valence electrons. The predicted molar refractivity (Wildman–Crippen MR) is 145 cm³/mol. The maximum absolute atomic E-state index is 13.0. The number of benzene rings is 3. The van der Waals surface area contributed by atoms with E-state index in [1.807, 2.05) is 61.5 Å². The first-order valence-corrected chi connectivity index (χ1v) is 12.0. The average molecular weight is 484 g/mol. The summed E-state index contributed by atoms with van der Waals surface area (Å²) < 4.78 is 5.62. The van der Waals surface area contributed by atoms with Crippen LogP contribution in [0.2, 0.25) is 0 Å². The topological polar surface area (TPSA) is 79.8 Å². The van der Waals surface area contributed by atoms with Crippen LogP contribution in [0.15, 0.2) is 89.7 Å². The molecule has 6 nitrogen and oxygen atoms in total. The number of rotatable bonds is 9. The SMILES string of the molecule is CCCOc1ccc(/C=C(\NC(=O)c2ccccc2)C(=O)N/N=C/c2ccc(C(C)(C)C)cc2)cc1. The summed E-state index contributed by atoms with van der Waals surface area (Å²) in [4.78, 5) is 25.7. The van der Waals surface area contributed by atoms with Crippen molar-refractivity contribution in [1.82, 2.24) is 10.7 Å². The van der Waals surface area contributed by atoms with Gasteiger partial charge in [0.25, 0.3) is 11.8 Å². The zero-order valence-electron chi connectivity index (χ0n) is 21.2. The Morgan fingerprint density at radius 3 is 2.14 bits per heavy atom. The number of carbonyl (C=O) groups is 2. The van der Waals surface area contributed by atoms with E-state index in [-0.39, 0.29) is 17.0 Å². The van der Waals surface area contributed by atoms with Crippen LogP contribution in [-0.4, -0.2) is 24.6 Å². The molecule has 0 spiro atoms. The zero-order valence-corrected chi connectivity index (χ0v) is 21.2. The van der Waals surface area contributed by atoms with Crippen molar-refractivity contribution >= 4 is 24.1 Å². The summed E-state index contributed by atoms with van der Waals surface area (Å²) in [6.07, 6.45) is 4.09. The first-order valence-electron chi connectivity index (χ1n) is 12.0. The highest BCUT2D eigenvalue weighted by molar-refractivity contribution is 6.05. The molecule has 3 rings (SSSR count). The lowest BCUT2D eigenvalue weighted by Gasteiger charge is -2.18. The Kier molecular flexibility index (Phi) is 9.17. The largest absolute Gasteiger partial charge is 0.494 e. The second-order valence-corrected chi connectivity index (χ2v) is 9.37. The van der Waals surface area contributed by atoms with Gasteiger partial charge < -0.3 is 10.1 Å². The number of amides is 2. The molecule has 36 heavy (non-hydrogen) atoms. The van der Waals surface area contributed by atoms with Crippen LogP contribution < -0.4 is 15.5 Å². The standard InChI is InChI=1S/C30H33N3O3/c1-5-19-36-26-17-13-22(14-18-26)20-27(32-28(34)24-9-7-6-8-10-24)29(35)33-31-21-23-11-15-25(16-12-23)30(2,3)4/h6-18,20-21H,5,19H2,1-4H3,(H,32,34)(H,33,35)/b27-20-,31-21+. The van der Waals surface area contributed by atoms with E-state index in [1.54, 1.807) is 36.6 Å². The number of nitrogens with zero attached hydrogens (tertiary/aromatic N) is 1. The highest BCUT2D eigenvalue weighted by Gasteiger charge is 2.15. The van der Waals surface area contributed by atoms with Crippen LogP contribution in [0.1, 0.15) is 61.2 Å². The van der Waals surface area contributed by atoms with E-state index in [0.717, 1.165) is 23.3 Å². The summed E-state index contributed by atoms with van der Waals surface area (Å²) in [5, 5.41) is 6.80. The third-order valence-corrected chi connectivity index (χ3v) is 5.35. The van der Waals surface area contributed by atoms with Gasteiger partial charge in [-0.05, 0) is 58.9 Å². The van der Waals surface area contributed by atoms with E-state index in [0.29, 0.717) is 12.2 Å². The number of hydrazone groups is 1. The summed E-state index contributed by atoms with van der Waals surface area (Å²) in [6.45, 7) is 9.13. The Hall–Kier alpha value is -4.19. The van der Waals surface area contributed by atoms with Crippen molar-refractivity contribution in [2.75, 3.05) is 6.61 Å². The lowest BCUT2D eigenvalue weighted by molar-refractivity contribution is -0.117. The Labute approximate surface area is 213 Å². The van der Waals surface area contributed by atoms with Crippen molar-refractivity contribution in [3.63, 3.8) is 0 Å². The van der Waals surface area contributed by atoms with E-state index < -0.39 is 5.91 Å². The van der Waals surface area contributed by atoms with Gasteiger partial charge in [0, 0.05) is 5.56 Å². The Morgan fingerprint density at radius 1 is 0.889 bits per heavy atom. The second kappa shape index (κ2) is 12.5. The quantitative estimate of drug-likeness (QED) is 0.233. The van der Waals surface area contributed by atoms with Crippen LogP contribution in [0.5, 0.6) is 5.75 Å². The van der Waals surface area contributed by atoms with Crippen LogP contribution in [0.3, 0.4) is 0 Å². The van der Waals surface area contributed by atoms with Crippen LogP contribution in [-0.2, 0) is 10.2 Å². The number of hydrogen-bond acceptors (Lipinski definition) is 4. The Morgan fingerprint density at radius 2 is 1.53 bits per heavy atom. The average Bonchev–Trinajstić information content (AvgIpc) is 2.88. The molecule has 0 aliphatic carbocycles. The van der Waals surface area contributed by atoms with Crippen molar-refractivity contribution in [3.05, 3.63) is 107 Å². The first kappa shape index (κ1) is 26.4. The number of carbonyl (C=O) groups excluding carboxylic acids is 2. The van der Waals surface area contributed by atoms with Crippen LogP contribution in [0, 0.1) is 0 Å². The third kappa shape index (κ3) is 7.94. The molecule has 3 aromatic rings. The van der Waals surface area contributed by atoms with Crippen molar-refractivity contribution in [2.24, 2.45) is 5.10 Å². The molecule has 0 unspecified atom stereocenters. The normalized spacial score (nSPS) is 11.8. The summed E-state index contributed by atoms with van der Waals surface area (Å²) in [5.41, 5.74) is 5.89. The molecule has 0 saturated heterocycles. The van der Waals surface area contributed by atoms with Gasteiger partial charge in [-0.25, -0.2) is 5.43 Å². The molecular formula is C30H33N3O3. The minimum atomic E-state index is -0.534. The van der Waals surface area contributed by atoms with Crippen molar-refractivity contribution in [1.29, 1.82) is 0 Å². The number of hydrogen-bond donors (Lipinski definition) is 2. The van der Waals surface area contributed by atoms with Gasteiger partial charge in [0.2, 0.25) is 0 Å². The van der Waals surface area contributed by atoms with Crippen LogP contribution >= 0.6 is 0 Å². The third-order valence-electron chi connectivity index (χ3n) is 5.35. The zero-order chi connectivity index (χ0) is 26.0. The highest BCUT2D eigenvalue weighted by Crippen LogP contribution is 2.21. The molecule has 0 aromatic heterocycles. The second-order valence-electron chi connectivity index (χ2n) is 9.37. The molecule has 2 amide bonds. The fraction of sp³-hybridized carbons (Fsp3) is 0.233. The van der Waals surface area contributed by atoms with Crippen LogP contribution in [0.4, 0.5) is 0 Å². The van der Waals surface area contributed by atoms with E-state index in [9.17, 15) is 9.59 Å². The Bertz CT molecular complexity index is 1210. The van der Waals surface area contributed by atoms with Crippen LogP contribution in [0.25, 0.3) is 6.08 Å². The van der Waals surface area contributed by atoms with Gasteiger partial charge >= 0.3 is 0 Å². The van der Waals surface area contributed by atoms with E-state index in [2.05, 4.69) is 36.6 Å². The highest BCUT2D eigenvalue weighted by atomic mass is 16.5. The lowest BCUT2D eigenvalue weighted by atomic mass is 9.87. The molecule has 0 atom stereocenters. The number of ether oxygens (including phenoxy) is 1. The van der Waals surface area contributed by atoms with Gasteiger partial charge in [-0.2, -0.15) is 5.10 Å². The molecule has 0 aliphatic heterocycles. The fourth-order valence-electron chi connectivity index (χ4n) is 3.28. The Balaban J connectivity index is 1.76. The summed E-state index contributed by atoms with van der Waals surface area (Å²) in [5.74, 6) is -0.176. The maximum atomic E-state index is 13.0. The molecule has 0 saturated carbocycles. The first-order chi connectivity index (χ1) is 17.3. The molecule has 0 aliphatic rings. The van der Waals surface area contributed by atoms with Gasteiger partial charge in [0.05, 0.1) is 12.8 Å². The van der Waals surface area contributed by atoms with E-state index in [4.69, 9.17) is 4.74 Å². The lowest BCUT2D eigenvalue weighted by Crippen LogP contribution is -2.32.